The highest BCUT2D eigenvalue weighted by atomic mass is 19.2. The number of hydrogen-bond donors (Lipinski definition) is 0. The Morgan fingerprint density at radius 3 is 1.67 bits per heavy atom. The quantitative estimate of drug-likeness (QED) is 0.311. The number of aromatic nitrogens is 1. The van der Waals surface area contributed by atoms with E-state index in [4.69, 9.17) is 0 Å². The van der Waals surface area contributed by atoms with Crippen LogP contribution in [0.2, 0.25) is 0 Å². The monoisotopic (exact) mass is 267 g/mol. The maximum Gasteiger partial charge on any atom is 0.263 e. The van der Waals surface area contributed by atoms with E-state index >= 15 is 0 Å². The number of hydrogen-bond acceptors (Lipinski definition) is 1. The molecule has 2 rings (SSSR count). The summed E-state index contributed by atoms with van der Waals surface area (Å²) in [5.41, 5.74) is -1.51. The van der Waals surface area contributed by atoms with Gasteiger partial charge in [0.2, 0.25) is 5.95 Å². The van der Waals surface area contributed by atoms with Crippen molar-refractivity contribution in [3.63, 3.8) is 0 Å². The highest BCUT2D eigenvalue weighted by molar-refractivity contribution is 5.83. The van der Waals surface area contributed by atoms with E-state index in [2.05, 4.69) is 0 Å². The van der Waals surface area contributed by atoms with Gasteiger partial charge in [-0.05, 0) is 0 Å². The lowest BCUT2D eigenvalue weighted by molar-refractivity contribution is 0.406. The molecule has 1 aromatic carbocycles. The van der Waals surface area contributed by atoms with Crippen molar-refractivity contribution in [1.29, 1.82) is 0 Å². The normalized spacial score (nSPS) is 11.3. The second-order valence-electron chi connectivity index (χ2n) is 3.47. The molecule has 2 aromatic rings. The molecule has 96 valence electrons. The Morgan fingerprint density at radius 2 is 1.17 bits per heavy atom. The van der Waals surface area contributed by atoms with Gasteiger partial charge in [0.05, 0.1) is 10.8 Å². The lowest BCUT2D eigenvalue weighted by Gasteiger charge is -2.08. The highest BCUT2D eigenvalue weighted by Gasteiger charge is 2.27. The van der Waals surface area contributed by atoms with E-state index < -0.39 is 51.4 Å². The van der Waals surface area contributed by atoms with Gasteiger partial charge in [-0.3, -0.25) is 9.36 Å². The summed E-state index contributed by atoms with van der Waals surface area (Å²) in [4.78, 5) is 11.4. The summed E-state index contributed by atoms with van der Waals surface area (Å²) in [5.74, 6) is -12.6. The molecule has 0 atom stereocenters. The van der Waals surface area contributed by atoms with Crippen LogP contribution in [0.1, 0.15) is 0 Å². The first kappa shape index (κ1) is 12.5. The van der Waals surface area contributed by atoms with Crippen molar-refractivity contribution < 1.29 is 26.3 Å². The number of pyridine rings is 1. The second kappa shape index (κ2) is 3.76. The Hall–Kier alpha value is -1.99. The van der Waals surface area contributed by atoms with Crippen LogP contribution in [0, 0.1) is 35.0 Å². The first-order valence-corrected chi connectivity index (χ1v) is 4.48. The van der Waals surface area contributed by atoms with Gasteiger partial charge in [0, 0.05) is 7.05 Å². The molecule has 0 aliphatic rings. The number of nitrogens with zero attached hydrogens (tertiary/aromatic N) is 1. The number of benzene rings is 1. The zero-order chi connectivity index (χ0) is 13.8. The average molecular weight is 267 g/mol. The molecule has 8 heteroatoms. The van der Waals surface area contributed by atoms with Crippen molar-refractivity contribution in [2.75, 3.05) is 0 Å². The molecule has 0 spiro atoms. The fourth-order valence-corrected chi connectivity index (χ4v) is 1.55. The molecule has 0 saturated heterocycles. The van der Waals surface area contributed by atoms with Crippen LogP contribution in [0.25, 0.3) is 10.8 Å². The van der Waals surface area contributed by atoms with Gasteiger partial charge in [0.15, 0.2) is 29.1 Å². The van der Waals surface area contributed by atoms with Gasteiger partial charge in [0.25, 0.3) is 5.56 Å². The van der Waals surface area contributed by atoms with Gasteiger partial charge >= 0.3 is 0 Å². The van der Waals surface area contributed by atoms with Gasteiger partial charge in [-0.1, -0.05) is 0 Å². The number of fused-ring (bicyclic) bond motifs is 1. The van der Waals surface area contributed by atoms with Gasteiger partial charge in [-0.2, -0.15) is 4.39 Å². The molecule has 2 nitrogen and oxygen atoms in total. The molecule has 18 heavy (non-hydrogen) atoms. The van der Waals surface area contributed by atoms with E-state index in [1.807, 2.05) is 0 Å². The molecule has 0 aliphatic heterocycles. The summed E-state index contributed by atoms with van der Waals surface area (Å²) in [5, 5.41) is -2.93. The number of rotatable bonds is 0. The summed E-state index contributed by atoms with van der Waals surface area (Å²) in [6, 6.07) is 0. The third-order valence-corrected chi connectivity index (χ3v) is 2.48. The van der Waals surface area contributed by atoms with Crippen LogP contribution >= 0.6 is 0 Å². The van der Waals surface area contributed by atoms with Gasteiger partial charge in [-0.25, -0.2) is 22.0 Å². The predicted octanol–water partition coefficient (Wildman–Crippen LogP) is 2.37. The zero-order valence-electron chi connectivity index (χ0n) is 8.62. The molecule has 0 saturated carbocycles. The molecule has 0 N–H and O–H groups in total. The maximum atomic E-state index is 13.4. The van der Waals surface area contributed by atoms with Crippen LogP contribution in [0.4, 0.5) is 26.3 Å². The Morgan fingerprint density at radius 1 is 0.722 bits per heavy atom. The summed E-state index contributed by atoms with van der Waals surface area (Å²) in [6.07, 6.45) is 0. The first-order valence-electron chi connectivity index (χ1n) is 4.48. The predicted molar refractivity (Wildman–Crippen MR) is 48.9 cm³/mol. The molecule has 0 radical (unpaired) electrons. The third-order valence-electron chi connectivity index (χ3n) is 2.48. The Bertz CT molecular complexity index is 728. The lowest BCUT2D eigenvalue weighted by Crippen LogP contribution is -2.24. The molecule has 0 amide bonds. The fourth-order valence-electron chi connectivity index (χ4n) is 1.55. The van der Waals surface area contributed by atoms with Crippen LogP contribution in [-0.4, -0.2) is 4.57 Å². The van der Waals surface area contributed by atoms with Crippen molar-refractivity contribution in [2.24, 2.45) is 7.05 Å². The van der Waals surface area contributed by atoms with Crippen molar-refractivity contribution >= 4 is 10.8 Å². The van der Waals surface area contributed by atoms with Crippen LogP contribution in [0.3, 0.4) is 0 Å². The highest BCUT2D eigenvalue weighted by Crippen LogP contribution is 2.27. The van der Waals surface area contributed by atoms with E-state index in [1.165, 1.54) is 0 Å². The zero-order valence-corrected chi connectivity index (χ0v) is 8.62. The maximum absolute atomic E-state index is 13.4. The van der Waals surface area contributed by atoms with Crippen molar-refractivity contribution in [2.45, 2.75) is 0 Å². The van der Waals surface area contributed by atoms with Crippen molar-refractivity contribution in [3.8, 4) is 0 Å². The van der Waals surface area contributed by atoms with Gasteiger partial charge in [0.1, 0.15) is 0 Å². The molecular formula is C10H3F6NO. The molecule has 1 aromatic heterocycles. The second-order valence-corrected chi connectivity index (χ2v) is 3.47. The first-order chi connectivity index (χ1) is 8.29. The van der Waals surface area contributed by atoms with E-state index in [1.54, 1.807) is 0 Å². The van der Waals surface area contributed by atoms with E-state index in [-0.39, 0.29) is 4.57 Å². The lowest BCUT2D eigenvalue weighted by atomic mass is 10.1. The minimum atomic E-state index is -2.31. The molecule has 0 unspecified atom stereocenters. The number of halogens is 6. The SMILES string of the molecule is Cn1c(F)c(F)c2c(F)c(F)c(F)c(F)c2c1=O. The van der Waals surface area contributed by atoms with Crippen molar-refractivity contribution in [3.05, 3.63) is 45.4 Å². The minimum absolute atomic E-state index is 0.0253. The topological polar surface area (TPSA) is 22.0 Å². The molecule has 0 fully saturated rings. The largest absolute Gasteiger partial charge is 0.285 e. The Labute approximate surface area is 95.1 Å². The molecule has 0 bridgehead atoms. The summed E-state index contributed by atoms with van der Waals surface area (Å²) >= 11 is 0. The fraction of sp³-hybridized carbons (Fsp3) is 0.100. The minimum Gasteiger partial charge on any atom is -0.285 e. The van der Waals surface area contributed by atoms with E-state index in [9.17, 15) is 31.1 Å². The van der Waals surface area contributed by atoms with Gasteiger partial charge in [-0.15, -0.1) is 0 Å². The summed E-state index contributed by atoms with van der Waals surface area (Å²) in [7, 11) is 0.735. The summed E-state index contributed by atoms with van der Waals surface area (Å²) in [6.45, 7) is 0. The molecular weight excluding hydrogens is 264 g/mol. The third kappa shape index (κ3) is 1.34. The van der Waals surface area contributed by atoms with E-state index in [0.29, 0.717) is 0 Å². The van der Waals surface area contributed by atoms with Crippen molar-refractivity contribution in [1.82, 2.24) is 4.57 Å². The van der Waals surface area contributed by atoms with Crippen LogP contribution in [0.15, 0.2) is 4.79 Å². The standard InChI is InChI=1S/C10H3F6NO/c1-17-9(16)6(13)2-3(10(17)18)5(12)8(15)7(14)4(2)11/h1H3. The average Bonchev–Trinajstić information content (AvgIpc) is 2.35. The van der Waals surface area contributed by atoms with Gasteiger partial charge < -0.3 is 0 Å². The molecule has 0 aliphatic carbocycles. The smallest absolute Gasteiger partial charge is 0.263 e. The summed E-state index contributed by atoms with van der Waals surface area (Å²) < 4.78 is 78.9. The Balaban J connectivity index is 3.28. The Kier molecular flexibility index (Phi) is 2.60. The van der Waals surface area contributed by atoms with Crippen LogP contribution < -0.4 is 5.56 Å². The van der Waals surface area contributed by atoms with E-state index in [0.717, 1.165) is 7.05 Å². The molecule has 1 heterocycles. The van der Waals surface area contributed by atoms with Crippen LogP contribution in [-0.2, 0) is 7.05 Å². The van der Waals surface area contributed by atoms with Crippen LogP contribution in [0.5, 0.6) is 0 Å².